The second-order valence-corrected chi connectivity index (χ2v) is 11.0. The lowest BCUT2D eigenvalue weighted by Gasteiger charge is -2.44. The summed E-state index contributed by atoms with van der Waals surface area (Å²) in [5.41, 5.74) is 3.88. The smallest absolute Gasteiger partial charge is 0.0811 e. The van der Waals surface area contributed by atoms with Crippen LogP contribution in [0.25, 0.3) is 0 Å². The Labute approximate surface area is 179 Å². The second-order valence-electron chi connectivity index (χ2n) is 11.0. The van der Waals surface area contributed by atoms with Crippen LogP contribution in [0, 0.1) is 29.1 Å². The highest BCUT2D eigenvalue weighted by Crippen LogP contribution is 2.59. The van der Waals surface area contributed by atoms with Gasteiger partial charge in [0, 0.05) is 6.42 Å². The fourth-order valence-electron chi connectivity index (χ4n) is 6.73. The van der Waals surface area contributed by atoms with Gasteiger partial charge in [0.15, 0.2) is 0 Å². The van der Waals surface area contributed by atoms with Crippen molar-refractivity contribution >= 4 is 0 Å². The standard InChI is InChI=1S/C27H44O2/c1-18(2)8-6-9-19(3)24-13-14-25-21(10-7-15-27(24,25)5)11-12-22-16-23(28)17-26(29)20(22)4/h11-12,18-19,23-26,28-29H,4,6-10,13-17H2,1-3,5H3/b21-11-,22-12+/t19?,23-,24-,25+,26+,27-/m1/s1. The molecule has 2 heteroatoms. The second kappa shape index (κ2) is 9.52. The molecule has 0 radical (unpaired) electrons. The van der Waals surface area contributed by atoms with Gasteiger partial charge in [0.1, 0.15) is 0 Å². The van der Waals surface area contributed by atoms with Gasteiger partial charge < -0.3 is 10.2 Å². The average molecular weight is 401 g/mol. The zero-order chi connectivity index (χ0) is 21.2. The Balaban J connectivity index is 1.71. The minimum Gasteiger partial charge on any atom is -0.393 e. The maximum Gasteiger partial charge on any atom is 0.0811 e. The Morgan fingerprint density at radius 3 is 2.62 bits per heavy atom. The number of fused-ring (bicyclic) bond motifs is 1. The summed E-state index contributed by atoms with van der Waals surface area (Å²) in [6, 6.07) is 0. The van der Waals surface area contributed by atoms with Crippen molar-refractivity contribution in [3.05, 3.63) is 35.5 Å². The molecular weight excluding hydrogens is 356 g/mol. The number of rotatable bonds is 6. The van der Waals surface area contributed by atoms with Crippen molar-refractivity contribution in [2.24, 2.45) is 29.1 Å². The monoisotopic (exact) mass is 400 g/mol. The molecule has 3 aliphatic carbocycles. The molecule has 3 aliphatic rings. The molecule has 0 aromatic rings. The van der Waals surface area contributed by atoms with E-state index in [0.717, 1.165) is 28.9 Å². The van der Waals surface area contributed by atoms with E-state index in [-0.39, 0.29) is 0 Å². The number of hydrogen-bond donors (Lipinski definition) is 2. The molecule has 164 valence electrons. The van der Waals surface area contributed by atoms with Gasteiger partial charge in [-0.3, -0.25) is 0 Å². The Hall–Kier alpha value is -0.860. The van der Waals surface area contributed by atoms with Crippen LogP contribution < -0.4 is 0 Å². The van der Waals surface area contributed by atoms with Crippen LogP contribution in [0.5, 0.6) is 0 Å². The summed E-state index contributed by atoms with van der Waals surface area (Å²) in [4.78, 5) is 0. The Kier molecular flexibility index (Phi) is 7.49. The SMILES string of the molecule is C=C1/C(=C/C=C2/CCC[C@]3(C)[C@@H](C(C)CCCC(C)C)CC[C@@H]23)C[C@@H](O)C[C@@H]1O. The zero-order valence-electron chi connectivity index (χ0n) is 19.3. The minimum absolute atomic E-state index is 0.420. The van der Waals surface area contributed by atoms with E-state index in [1.165, 1.54) is 51.4 Å². The van der Waals surface area contributed by atoms with Gasteiger partial charge in [0.05, 0.1) is 12.2 Å². The molecule has 0 aromatic heterocycles. The molecule has 0 aromatic carbocycles. The predicted octanol–water partition coefficient (Wildman–Crippen LogP) is 6.59. The largest absolute Gasteiger partial charge is 0.393 e. The highest BCUT2D eigenvalue weighted by molar-refractivity contribution is 5.38. The first-order valence-electron chi connectivity index (χ1n) is 12.2. The van der Waals surface area contributed by atoms with E-state index < -0.39 is 12.2 Å². The Morgan fingerprint density at radius 2 is 1.90 bits per heavy atom. The van der Waals surface area contributed by atoms with Crippen molar-refractivity contribution in [3.8, 4) is 0 Å². The number of allylic oxidation sites excluding steroid dienone is 3. The highest BCUT2D eigenvalue weighted by Gasteiger charge is 2.50. The van der Waals surface area contributed by atoms with Gasteiger partial charge in [0.25, 0.3) is 0 Å². The summed E-state index contributed by atoms with van der Waals surface area (Å²) in [6.45, 7) is 13.8. The van der Waals surface area contributed by atoms with Crippen molar-refractivity contribution in [1.29, 1.82) is 0 Å². The maximum atomic E-state index is 10.1. The van der Waals surface area contributed by atoms with Crippen LogP contribution in [0.4, 0.5) is 0 Å². The number of aliphatic hydroxyl groups excluding tert-OH is 2. The van der Waals surface area contributed by atoms with Crippen molar-refractivity contribution < 1.29 is 10.2 Å². The third kappa shape index (κ3) is 5.07. The lowest BCUT2D eigenvalue weighted by atomic mass is 9.60. The molecule has 3 rings (SSSR count). The van der Waals surface area contributed by atoms with E-state index in [0.29, 0.717) is 24.2 Å². The van der Waals surface area contributed by atoms with Gasteiger partial charge in [0.2, 0.25) is 0 Å². The molecule has 29 heavy (non-hydrogen) atoms. The first kappa shape index (κ1) is 22.8. The number of aliphatic hydroxyl groups is 2. The van der Waals surface area contributed by atoms with Crippen molar-refractivity contribution in [1.82, 2.24) is 0 Å². The van der Waals surface area contributed by atoms with E-state index in [4.69, 9.17) is 0 Å². The van der Waals surface area contributed by atoms with E-state index in [1.807, 2.05) is 0 Å². The van der Waals surface area contributed by atoms with Crippen LogP contribution in [0.3, 0.4) is 0 Å². The fraction of sp³-hybridized carbons (Fsp3) is 0.778. The summed E-state index contributed by atoms with van der Waals surface area (Å²) in [5, 5.41) is 20.2. The van der Waals surface area contributed by atoms with Crippen molar-refractivity contribution in [3.63, 3.8) is 0 Å². The average Bonchev–Trinajstić information content (AvgIpc) is 3.00. The summed E-state index contributed by atoms with van der Waals surface area (Å²) >= 11 is 0. The molecule has 0 heterocycles. The molecule has 1 unspecified atom stereocenters. The first-order chi connectivity index (χ1) is 13.7. The van der Waals surface area contributed by atoms with E-state index in [9.17, 15) is 10.2 Å². The summed E-state index contributed by atoms with van der Waals surface area (Å²) in [7, 11) is 0. The van der Waals surface area contributed by atoms with Crippen LogP contribution in [-0.2, 0) is 0 Å². The molecule has 0 amide bonds. The fourth-order valence-corrected chi connectivity index (χ4v) is 6.73. The van der Waals surface area contributed by atoms with Crippen LogP contribution in [0.1, 0.15) is 91.9 Å². The molecule has 0 bridgehead atoms. The van der Waals surface area contributed by atoms with Crippen LogP contribution in [0.2, 0.25) is 0 Å². The molecular formula is C27H44O2. The zero-order valence-corrected chi connectivity index (χ0v) is 19.3. The summed E-state index contributed by atoms with van der Waals surface area (Å²) in [5.74, 6) is 3.20. The molecule has 0 spiro atoms. The summed E-state index contributed by atoms with van der Waals surface area (Å²) < 4.78 is 0. The van der Waals surface area contributed by atoms with Gasteiger partial charge >= 0.3 is 0 Å². The van der Waals surface area contributed by atoms with Crippen LogP contribution in [0.15, 0.2) is 35.5 Å². The third-order valence-electron chi connectivity index (χ3n) is 8.43. The van der Waals surface area contributed by atoms with E-state index >= 15 is 0 Å². The topological polar surface area (TPSA) is 40.5 Å². The molecule has 0 aliphatic heterocycles. The highest BCUT2D eigenvalue weighted by atomic mass is 16.3. The lowest BCUT2D eigenvalue weighted by Crippen LogP contribution is -2.36. The first-order valence-corrected chi connectivity index (χ1v) is 12.2. The van der Waals surface area contributed by atoms with Crippen molar-refractivity contribution in [2.75, 3.05) is 0 Å². The minimum atomic E-state index is -0.595. The molecule has 0 saturated heterocycles. The van der Waals surface area contributed by atoms with Gasteiger partial charge in [-0.25, -0.2) is 0 Å². The van der Waals surface area contributed by atoms with E-state index in [2.05, 4.69) is 46.4 Å². The molecule has 3 saturated carbocycles. The lowest BCUT2D eigenvalue weighted by molar-refractivity contribution is 0.0861. The van der Waals surface area contributed by atoms with Gasteiger partial charge in [-0.05, 0) is 78.8 Å². The Bertz CT molecular complexity index is 643. The van der Waals surface area contributed by atoms with E-state index in [1.54, 1.807) is 5.57 Å². The third-order valence-corrected chi connectivity index (χ3v) is 8.43. The van der Waals surface area contributed by atoms with Gasteiger partial charge in [-0.2, -0.15) is 0 Å². The van der Waals surface area contributed by atoms with Gasteiger partial charge in [-0.15, -0.1) is 0 Å². The quantitative estimate of drug-likeness (QED) is 0.528. The number of hydrogen-bond acceptors (Lipinski definition) is 2. The van der Waals surface area contributed by atoms with Crippen molar-refractivity contribution in [2.45, 2.75) is 104 Å². The molecule has 2 N–H and O–H groups in total. The maximum absolute atomic E-state index is 10.1. The van der Waals surface area contributed by atoms with Crippen LogP contribution in [-0.4, -0.2) is 22.4 Å². The molecule has 6 atom stereocenters. The van der Waals surface area contributed by atoms with Crippen LogP contribution >= 0.6 is 0 Å². The predicted molar refractivity (Wildman–Crippen MR) is 123 cm³/mol. The molecule has 2 nitrogen and oxygen atoms in total. The normalized spacial score (nSPS) is 39.3. The molecule has 3 fully saturated rings. The summed E-state index contributed by atoms with van der Waals surface area (Å²) in [6.07, 6.45) is 15.2. The van der Waals surface area contributed by atoms with Gasteiger partial charge in [-0.1, -0.05) is 71.3 Å². The Morgan fingerprint density at radius 1 is 1.14 bits per heavy atom.